The van der Waals surface area contributed by atoms with Gasteiger partial charge in [0, 0.05) is 50.9 Å². The molecule has 2 heterocycles. The topological polar surface area (TPSA) is 127 Å². The van der Waals surface area contributed by atoms with E-state index in [1.54, 1.807) is 38.7 Å². The second-order valence-electron chi connectivity index (χ2n) is 9.92. The zero-order valence-corrected chi connectivity index (χ0v) is 22.0. The Morgan fingerprint density at radius 1 is 1.16 bits per heavy atom. The molecule has 2 saturated heterocycles. The second-order valence-corrected chi connectivity index (χ2v) is 9.92. The minimum Gasteiger partial charge on any atom is -0.462 e. The third-order valence-electron chi connectivity index (χ3n) is 5.94. The SMILES string of the molecule is CCOC(=O)c1c(CNC2CCC(=O)NC2=O)cc(N2CCN(C(=O)OC(C)(C)C)CC2)cc1OC(F)F. The molecule has 2 aliphatic rings. The maximum atomic E-state index is 13.3. The lowest BCUT2D eigenvalue weighted by Gasteiger charge is -2.37. The molecule has 0 radical (unpaired) electrons. The van der Waals surface area contributed by atoms with E-state index in [9.17, 15) is 28.0 Å². The molecule has 1 atom stereocenters. The van der Waals surface area contributed by atoms with Gasteiger partial charge in [-0.25, -0.2) is 9.59 Å². The number of imide groups is 1. The van der Waals surface area contributed by atoms with Gasteiger partial charge in [-0.2, -0.15) is 8.78 Å². The molecular formula is C25H34F2N4O7. The maximum Gasteiger partial charge on any atom is 0.410 e. The first-order valence-corrected chi connectivity index (χ1v) is 12.5. The van der Waals surface area contributed by atoms with Gasteiger partial charge < -0.3 is 29.3 Å². The van der Waals surface area contributed by atoms with Crippen LogP contribution in [-0.4, -0.2) is 79.8 Å². The zero-order valence-electron chi connectivity index (χ0n) is 22.0. The standard InChI is InChI=1S/C25H34F2N4O7/c1-5-36-22(34)20-15(14-28-17-6-7-19(32)29-21(17)33)12-16(13-18(20)37-23(26)27)30-8-10-31(11-9-30)24(35)38-25(2,3)4/h12-13,17,23,28H,5-11,14H2,1-4H3,(H,29,32,33). The Labute approximate surface area is 219 Å². The molecule has 2 N–H and O–H groups in total. The van der Waals surface area contributed by atoms with Crippen LogP contribution in [-0.2, 0) is 25.6 Å². The molecule has 1 aromatic rings. The fourth-order valence-corrected chi connectivity index (χ4v) is 4.20. The molecule has 13 heteroatoms. The fraction of sp³-hybridized carbons (Fsp3) is 0.600. The number of piperazine rings is 1. The Morgan fingerprint density at radius 2 is 1.84 bits per heavy atom. The molecule has 11 nitrogen and oxygen atoms in total. The van der Waals surface area contributed by atoms with Crippen LogP contribution in [0, 0.1) is 0 Å². The van der Waals surface area contributed by atoms with Crippen molar-refractivity contribution in [3.8, 4) is 5.75 Å². The van der Waals surface area contributed by atoms with Crippen molar-refractivity contribution in [3.05, 3.63) is 23.3 Å². The van der Waals surface area contributed by atoms with Crippen molar-refractivity contribution in [2.45, 2.75) is 65.3 Å². The van der Waals surface area contributed by atoms with Gasteiger partial charge in [-0.15, -0.1) is 0 Å². The van der Waals surface area contributed by atoms with Gasteiger partial charge in [0.25, 0.3) is 0 Å². The van der Waals surface area contributed by atoms with Crippen LogP contribution in [0.1, 0.15) is 56.5 Å². The molecule has 2 aliphatic heterocycles. The molecule has 1 unspecified atom stereocenters. The first-order valence-electron chi connectivity index (χ1n) is 12.5. The molecule has 0 aliphatic carbocycles. The molecule has 38 heavy (non-hydrogen) atoms. The molecular weight excluding hydrogens is 506 g/mol. The normalized spacial score (nSPS) is 18.3. The molecule has 2 fully saturated rings. The second kappa shape index (κ2) is 12.4. The van der Waals surface area contributed by atoms with Gasteiger partial charge in [0.15, 0.2) is 0 Å². The number of esters is 1. The van der Waals surface area contributed by atoms with E-state index in [-0.39, 0.29) is 48.8 Å². The molecule has 0 bridgehead atoms. The summed E-state index contributed by atoms with van der Waals surface area (Å²) in [5.74, 6) is -2.08. The van der Waals surface area contributed by atoms with E-state index in [4.69, 9.17) is 14.2 Å². The number of halogens is 2. The number of nitrogens with one attached hydrogen (secondary N) is 2. The lowest BCUT2D eigenvalue weighted by Crippen LogP contribution is -2.50. The Bertz CT molecular complexity index is 1050. The number of rotatable bonds is 8. The van der Waals surface area contributed by atoms with Crippen LogP contribution in [0.15, 0.2) is 12.1 Å². The highest BCUT2D eigenvalue weighted by molar-refractivity contribution is 6.00. The number of carbonyl (C=O) groups excluding carboxylic acids is 4. The van der Waals surface area contributed by atoms with Gasteiger partial charge in [0.2, 0.25) is 11.8 Å². The predicted molar refractivity (Wildman–Crippen MR) is 132 cm³/mol. The van der Waals surface area contributed by atoms with Gasteiger partial charge in [-0.1, -0.05) is 0 Å². The maximum absolute atomic E-state index is 13.3. The Kier molecular flexibility index (Phi) is 9.47. The number of hydrogen-bond acceptors (Lipinski definition) is 9. The van der Waals surface area contributed by atoms with Crippen molar-refractivity contribution in [1.82, 2.24) is 15.5 Å². The number of carbonyl (C=O) groups is 4. The van der Waals surface area contributed by atoms with Gasteiger partial charge in [-0.3, -0.25) is 14.9 Å². The predicted octanol–water partition coefficient (Wildman–Crippen LogP) is 2.42. The first-order chi connectivity index (χ1) is 17.9. The smallest absolute Gasteiger partial charge is 0.410 e. The van der Waals surface area contributed by atoms with Crippen LogP contribution < -0.4 is 20.3 Å². The summed E-state index contributed by atoms with van der Waals surface area (Å²) in [4.78, 5) is 52.3. The third-order valence-corrected chi connectivity index (χ3v) is 5.94. The molecule has 1 aromatic carbocycles. The van der Waals surface area contributed by atoms with Crippen LogP contribution >= 0.6 is 0 Å². The quantitative estimate of drug-likeness (QED) is 0.378. The van der Waals surface area contributed by atoms with Crippen LogP contribution in [0.5, 0.6) is 5.75 Å². The van der Waals surface area contributed by atoms with E-state index in [1.165, 1.54) is 6.07 Å². The number of ether oxygens (including phenoxy) is 3. The first kappa shape index (κ1) is 29.1. The van der Waals surface area contributed by atoms with Gasteiger partial charge >= 0.3 is 18.7 Å². The number of alkyl halides is 2. The molecule has 3 rings (SSSR count). The largest absolute Gasteiger partial charge is 0.462 e. The van der Waals surface area contributed by atoms with Crippen LogP contribution in [0.2, 0.25) is 0 Å². The number of benzene rings is 1. The molecule has 0 spiro atoms. The van der Waals surface area contributed by atoms with E-state index in [0.717, 1.165) is 0 Å². The summed E-state index contributed by atoms with van der Waals surface area (Å²) in [5.41, 5.74) is -0.0279. The average Bonchev–Trinajstić information content (AvgIpc) is 2.82. The highest BCUT2D eigenvalue weighted by atomic mass is 19.3. The highest BCUT2D eigenvalue weighted by Gasteiger charge is 2.30. The molecule has 0 saturated carbocycles. The summed E-state index contributed by atoms with van der Waals surface area (Å²) < 4.78 is 41.9. The third kappa shape index (κ3) is 7.76. The Hall–Kier alpha value is -3.48. The fourth-order valence-electron chi connectivity index (χ4n) is 4.20. The van der Waals surface area contributed by atoms with Crippen LogP contribution in [0.3, 0.4) is 0 Å². The van der Waals surface area contributed by atoms with Crippen LogP contribution in [0.4, 0.5) is 19.3 Å². The molecule has 3 amide bonds. The van der Waals surface area contributed by atoms with Gasteiger partial charge in [0.1, 0.15) is 16.9 Å². The summed E-state index contributed by atoms with van der Waals surface area (Å²) in [5, 5.41) is 5.24. The van der Waals surface area contributed by atoms with E-state index in [0.29, 0.717) is 31.9 Å². The van der Waals surface area contributed by atoms with Crippen molar-refractivity contribution in [2.75, 3.05) is 37.7 Å². The van der Waals surface area contributed by atoms with Crippen molar-refractivity contribution in [2.24, 2.45) is 0 Å². The van der Waals surface area contributed by atoms with Crippen molar-refractivity contribution in [1.29, 1.82) is 0 Å². The van der Waals surface area contributed by atoms with E-state index >= 15 is 0 Å². The zero-order chi connectivity index (χ0) is 28.0. The lowest BCUT2D eigenvalue weighted by atomic mass is 10.0. The molecule has 0 aromatic heterocycles. The lowest BCUT2D eigenvalue weighted by molar-refractivity contribution is -0.134. The average molecular weight is 541 g/mol. The number of piperidine rings is 1. The van der Waals surface area contributed by atoms with E-state index in [2.05, 4.69) is 10.6 Å². The Morgan fingerprint density at radius 3 is 2.42 bits per heavy atom. The van der Waals surface area contributed by atoms with Crippen LogP contribution in [0.25, 0.3) is 0 Å². The van der Waals surface area contributed by atoms with Gasteiger partial charge in [-0.05, 0) is 45.7 Å². The number of hydrogen-bond donors (Lipinski definition) is 2. The summed E-state index contributed by atoms with van der Waals surface area (Å²) in [6.45, 7) is 5.13. The minimum atomic E-state index is -3.20. The monoisotopic (exact) mass is 540 g/mol. The van der Waals surface area contributed by atoms with Crippen molar-refractivity contribution < 1.29 is 42.2 Å². The van der Waals surface area contributed by atoms with Crippen molar-refractivity contribution in [3.63, 3.8) is 0 Å². The van der Waals surface area contributed by atoms with Gasteiger partial charge in [0.05, 0.1) is 12.6 Å². The van der Waals surface area contributed by atoms with E-state index in [1.807, 2.05) is 4.90 Å². The number of nitrogens with zero attached hydrogens (tertiary/aromatic N) is 2. The summed E-state index contributed by atoms with van der Waals surface area (Å²) in [7, 11) is 0. The summed E-state index contributed by atoms with van der Waals surface area (Å²) in [6.07, 6.45) is -0.0345. The minimum absolute atomic E-state index is 0.0152. The number of anilines is 1. The Balaban J connectivity index is 1.87. The summed E-state index contributed by atoms with van der Waals surface area (Å²) >= 11 is 0. The molecule has 210 valence electrons. The number of amides is 3. The highest BCUT2D eigenvalue weighted by Crippen LogP contribution is 2.33. The van der Waals surface area contributed by atoms with E-state index < -0.39 is 36.2 Å². The van der Waals surface area contributed by atoms with Crippen molar-refractivity contribution >= 4 is 29.6 Å². The summed E-state index contributed by atoms with van der Waals surface area (Å²) in [6, 6.07) is 2.28.